The molecular formula is C12H11ClN2O. The van der Waals surface area contributed by atoms with Gasteiger partial charge >= 0.3 is 0 Å². The monoisotopic (exact) mass is 234 g/mol. The lowest BCUT2D eigenvalue weighted by molar-refractivity contribution is 0.475. The van der Waals surface area contributed by atoms with Crippen LogP contribution in [0.1, 0.15) is 5.56 Å². The van der Waals surface area contributed by atoms with Gasteiger partial charge in [-0.25, -0.2) is 4.98 Å². The van der Waals surface area contributed by atoms with E-state index in [4.69, 9.17) is 17.3 Å². The smallest absolute Gasteiger partial charge is 0.134 e. The van der Waals surface area contributed by atoms with Crippen molar-refractivity contribution in [2.45, 2.75) is 6.54 Å². The van der Waals surface area contributed by atoms with Crippen LogP contribution in [0.5, 0.6) is 5.75 Å². The number of hydrogen-bond donors (Lipinski definition) is 2. The largest absolute Gasteiger partial charge is 0.508 e. The molecule has 3 N–H and O–H groups in total. The minimum absolute atomic E-state index is 0.207. The molecule has 0 saturated heterocycles. The number of pyridine rings is 1. The van der Waals surface area contributed by atoms with Crippen LogP contribution < -0.4 is 5.73 Å². The summed E-state index contributed by atoms with van der Waals surface area (Å²) in [7, 11) is 0. The third-order valence-electron chi connectivity index (χ3n) is 2.29. The molecule has 0 fully saturated rings. The number of nitrogens with zero attached hydrogens (tertiary/aromatic N) is 1. The minimum Gasteiger partial charge on any atom is -0.508 e. The normalized spacial score (nSPS) is 10.4. The van der Waals surface area contributed by atoms with Gasteiger partial charge in [0.25, 0.3) is 0 Å². The maximum Gasteiger partial charge on any atom is 0.134 e. The molecule has 1 heterocycles. The van der Waals surface area contributed by atoms with Crippen LogP contribution in [0.3, 0.4) is 0 Å². The van der Waals surface area contributed by atoms with Crippen molar-refractivity contribution in [1.82, 2.24) is 4.98 Å². The van der Waals surface area contributed by atoms with E-state index in [-0.39, 0.29) is 5.75 Å². The van der Waals surface area contributed by atoms with Gasteiger partial charge in [0.1, 0.15) is 10.9 Å². The Bertz CT molecular complexity index is 514. The number of halogens is 1. The highest BCUT2D eigenvalue weighted by molar-refractivity contribution is 6.30. The van der Waals surface area contributed by atoms with Gasteiger partial charge < -0.3 is 10.8 Å². The molecule has 0 aliphatic heterocycles. The summed E-state index contributed by atoms with van der Waals surface area (Å²) in [6, 6.07) is 10.6. The van der Waals surface area contributed by atoms with Crippen LogP contribution in [0, 0.1) is 0 Å². The third-order valence-corrected chi connectivity index (χ3v) is 2.62. The molecule has 4 heteroatoms. The van der Waals surface area contributed by atoms with E-state index in [1.165, 1.54) is 0 Å². The van der Waals surface area contributed by atoms with Gasteiger partial charge in [-0.15, -0.1) is 0 Å². The van der Waals surface area contributed by atoms with Gasteiger partial charge in [0.15, 0.2) is 0 Å². The van der Waals surface area contributed by atoms with Crippen LogP contribution in [-0.2, 0) is 6.54 Å². The standard InChI is InChI=1S/C12H11ClN2O/c13-12-9(7-14)4-5-11(15-12)8-2-1-3-10(16)6-8/h1-6,16H,7,14H2. The molecule has 1 aromatic carbocycles. The number of hydrogen-bond acceptors (Lipinski definition) is 3. The lowest BCUT2D eigenvalue weighted by Crippen LogP contribution is -1.98. The van der Waals surface area contributed by atoms with Crippen molar-refractivity contribution in [2.24, 2.45) is 5.73 Å². The molecule has 3 nitrogen and oxygen atoms in total. The van der Waals surface area contributed by atoms with Crippen molar-refractivity contribution in [3.63, 3.8) is 0 Å². The first kappa shape index (κ1) is 10.9. The van der Waals surface area contributed by atoms with E-state index < -0.39 is 0 Å². The topological polar surface area (TPSA) is 59.1 Å². The summed E-state index contributed by atoms with van der Waals surface area (Å²) in [6.45, 7) is 0.367. The van der Waals surface area contributed by atoms with Gasteiger partial charge in [0.2, 0.25) is 0 Å². The van der Waals surface area contributed by atoms with Crippen LogP contribution in [-0.4, -0.2) is 10.1 Å². The molecule has 0 radical (unpaired) electrons. The fourth-order valence-electron chi connectivity index (χ4n) is 1.44. The number of nitrogens with two attached hydrogens (primary N) is 1. The average Bonchev–Trinajstić information content (AvgIpc) is 2.29. The number of rotatable bonds is 2. The highest BCUT2D eigenvalue weighted by Gasteiger charge is 2.04. The van der Waals surface area contributed by atoms with Crippen molar-refractivity contribution in [1.29, 1.82) is 0 Å². The molecule has 0 atom stereocenters. The second kappa shape index (κ2) is 4.51. The third kappa shape index (κ3) is 2.15. The summed E-state index contributed by atoms with van der Waals surface area (Å²) < 4.78 is 0. The van der Waals surface area contributed by atoms with E-state index >= 15 is 0 Å². The lowest BCUT2D eigenvalue weighted by atomic mass is 10.1. The molecule has 0 aliphatic carbocycles. The van der Waals surface area contributed by atoms with Gasteiger partial charge in [-0.1, -0.05) is 29.8 Å². The van der Waals surface area contributed by atoms with Crippen LogP contribution in [0.25, 0.3) is 11.3 Å². The molecule has 0 unspecified atom stereocenters. The Labute approximate surface area is 98.5 Å². The van der Waals surface area contributed by atoms with Crippen LogP contribution in [0.15, 0.2) is 36.4 Å². The first-order valence-corrected chi connectivity index (χ1v) is 5.23. The Kier molecular flexibility index (Phi) is 3.08. The van der Waals surface area contributed by atoms with E-state index in [1.807, 2.05) is 18.2 Å². The molecular weight excluding hydrogens is 224 g/mol. The SMILES string of the molecule is NCc1ccc(-c2cccc(O)c2)nc1Cl. The fraction of sp³-hybridized carbons (Fsp3) is 0.0833. The highest BCUT2D eigenvalue weighted by atomic mass is 35.5. The number of phenolic OH excluding ortho intramolecular Hbond substituents is 1. The Morgan fingerprint density at radius 1 is 1.25 bits per heavy atom. The molecule has 0 bridgehead atoms. The van der Waals surface area contributed by atoms with E-state index in [0.29, 0.717) is 11.7 Å². The number of benzene rings is 1. The van der Waals surface area contributed by atoms with Gasteiger partial charge in [-0.3, -0.25) is 0 Å². The van der Waals surface area contributed by atoms with Crippen LogP contribution >= 0.6 is 11.6 Å². The molecule has 2 rings (SSSR count). The lowest BCUT2D eigenvalue weighted by Gasteiger charge is -2.05. The number of aromatic hydroxyl groups is 1. The Hall–Kier alpha value is -1.58. The van der Waals surface area contributed by atoms with Gasteiger partial charge in [-0.2, -0.15) is 0 Å². The second-order valence-corrected chi connectivity index (χ2v) is 3.76. The van der Waals surface area contributed by atoms with Crippen LogP contribution in [0.2, 0.25) is 5.15 Å². The molecule has 2 aromatic rings. The summed E-state index contributed by atoms with van der Waals surface area (Å²) in [4.78, 5) is 4.23. The summed E-state index contributed by atoms with van der Waals surface area (Å²) >= 11 is 5.97. The predicted molar refractivity (Wildman–Crippen MR) is 64.2 cm³/mol. The minimum atomic E-state index is 0.207. The molecule has 0 amide bonds. The van der Waals surface area contributed by atoms with Crippen molar-refractivity contribution in [3.05, 3.63) is 47.1 Å². The van der Waals surface area contributed by atoms with Crippen LogP contribution in [0.4, 0.5) is 0 Å². The zero-order valence-corrected chi connectivity index (χ0v) is 9.28. The second-order valence-electron chi connectivity index (χ2n) is 3.40. The molecule has 1 aromatic heterocycles. The molecule has 0 spiro atoms. The van der Waals surface area contributed by atoms with E-state index in [9.17, 15) is 5.11 Å². The first-order chi connectivity index (χ1) is 7.70. The number of aromatic nitrogens is 1. The fourth-order valence-corrected chi connectivity index (χ4v) is 1.67. The zero-order valence-electron chi connectivity index (χ0n) is 8.52. The number of phenols is 1. The maximum absolute atomic E-state index is 9.36. The highest BCUT2D eigenvalue weighted by Crippen LogP contribution is 2.24. The van der Waals surface area contributed by atoms with E-state index in [2.05, 4.69) is 4.98 Å². The molecule has 16 heavy (non-hydrogen) atoms. The summed E-state index contributed by atoms with van der Waals surface area (Å²) in [5.41, 5.74) is 7.85. The molecule has 0 saturated carbocycles. The predicted octanol–water partition coefficient (Wildman–Crippen LogP) is 2.57. The quantitative estimate of drug-likeness (QED) is 0.786. The van der Waals surface area contributed by atoms with Gasteiger partial charge in [0, 0.05) is 17.7 Å². The maximum atomic E-state index is 9.36. The first-order valence-electron chi connectivity index (χ1n) is 4.85. The summed E-state index contributed by atoms with van der Waals surface area (Å²) in [6.07, 6.45) is 0. The Morgan fingerprint density at radius 3 is 2.69 bits per heavy atom. The van der Waals surface area contributed by atoms with E-state index in [0.717, 1.165) is 16.8 Å². The Morgan fingerprint density at radius 2 is 2.06 bits per heavy atom. The van der Waals surface area contributed by atoms with Crippen molar-refractivity contribution < 1.29 is 5.11 Å². The zero-order chi connectivity index (χ0) is 11.5. The average molecular weight is 235 g/mol. The van der Waals surface area contributed by atoms with Crippen molar-refractivity contribution >= 4 is 11.6 Å². The van der Waals surface area contributed by atoms with Gasteiger partial charge in [-0.05, 0) is 18.2 Å². The summed E-state index contributed by atoms with van der Waals surface area (Å²) in [5, 5.41) is 9.77. The van der Waals surface area contributed by atoms with Crippen molar-refractivity contribution in [3.8, 4) is 17.0 Å². The molecule has 82 valence electrons. The molecule has 0 aliphatic rings. The van der Waals surface area contributed by atoms with Gasteiger partial charge in [0.05, 0.1) is 5.69 Å². The Balaban J connectivity index is 2.45. The van der Waals surface area contributed by atoms with E-state index in [1.54, 1.807) is 18.2 Å². The summed E-state index contributed by atoms with van der Waals surface area (Å²) in [5.74, 6) is 0.207. The van der Waals surface area contributed by atoms with Crippen molar-refractivity contribution in [2.75, 3.05) is 0 Å².